The zero-order valence-electron chi connectivity index (χ0n) is 10.7. The molecule has 2 aromatic rings. The quantitative estimate of drug-likeness (QED) is 0.886. The third-order valence-electron chi connectivity index (χ3n) is 2.60. The first kappa shape index (κ1) is 12.9. The van der Waals surface area contributed by atoms with Crippen LogP contribution in [0.3, 0.4) is 0 Å². The van der Waals surface area contributed by atoms with Gasteiger partial charge in [0.15, 0.2) is 11.5 Å². The van der Waals surface area contributed by atoms with Crippen molar-refractivity contribution in [3.63, 3.8) is 0 Å². The van der Waals surface area contributed by atoms with Gasteiger partial charge in [0, 0.05) is 6.20 Å². The van der Waals surface area contributed by atoms with Gasteiger partial charge in [0.2, 0.25) is 0 Å². The van der Waals surface area contributed by atoms with Crippen LogP contribution in [0.1, 0.15) is 15.9 Å². The number of para-hydroxylation sites is 1. The maximum Gasteiger partial charge on any atom is 0.259 e. The Morgan fingerprint density at radius 2 is 2.16 bits per heavy atom. The van der Waals surface area contributed by atoms with Crippen LogP contribution in [0.5, 0.6) is 11.5 Å². The number of phenolic OH excluding ortho intramolecular Hbond substituents is 1. The standard InChI is InChI=1S/C14H14N2O3/c1-9-6-10(8-15-7-9)16-14(18)11-4-3-5-12(19-2)13(11)17/h3-8,17H,1-2H3,(H,16,18). The van der Waals surface area contributed by atoms with Crippen molar-refractivity contribution < 1.29 is 14.6 Å². The lowest BCUT2D eigenvalue weighted by molar-refractivity contribution is 0.102. The maximum atomic E-state index is 12.1. The van der Waals surface area contributed by atoms with Gasteiger partial charge in [-0.3, -0.25) is 9.78 Å². The normalized spacial score (nSPS) is 10.0. The van der Waals surface area contributed by atoms with E-state index in [2.05, 4.69) is 10.3 Å². The molecule has 0 saturated carbocycles. The van der Waals surface area contributed by atoms with Gasteiger partial charge in [0.05, 0.1) is 24.6 Å². The predicted molar refractivity (Wildman–Crippen MR) is 71.6 cm³/mol. The molecule has 98 valence electrons. The number of hydrogen-bond acceptors (Lipinski definition) is 4. The van der Waals surface area contributed by atoms with E-state index in [1.807, 2.05) is 6.92 Å². The highest BCUT2D eigenvalue weighted by Crippen LogP contribution is 2.29. The second kappa shape index (κ2) is 5.39. The molecule has 0 unspecified atom stereocenters. The van der Waals surface area contributed by atoms with Crippen molar-refractivity contribution in [2.75, 3.05) is 12.4 Å². The summed E-state index contributed by atoms with van der Waals surface area (Å²) in [5, 5.41) is 12.6. The van der Waals surface area contributed by atoms with Crippen LogP contribution in [0.2, 0.25) is 0 Å². The summed E-state index contributed by atoms with van der Waals surface area (Å²) >= 11 is 0. The highest BCUT2D eigenvalue weighted by atomic mass is 16.5. The number of methoxy groups -OCH3 is 1. The largest absolute Gasteiger partial charge is 0.504 e. The van der Waals surface area contributed by atoms with Crippen molar-refractivity contribution in [2.24, 2.45) is 0 Å². The van der Waals surface area contributed by atoms with Gasteiger partial charge >= 0.3 is 0 Å². The van der Waals surface area contributed by atoms with Crippen molar-refractivity contribution in [1.29, 1.82) is 0 Å². The molecule has 19 heavy (non-hydrogen) atoms. The zero-order chi connectivity index (χ0) is 13.8. The summed E-state index contributed by atoms with van der Waals surface area (Å²) in [5.41, 5.74) is 1.67. The molecule has 0 saturated heterocycles. The van der Waals surface area contributed by atoms with Gasteiger partial charge in [-0.1, -0.05) is 6.07 Å². The van der Waals surface area contributed by atoms with Crippen LogP contribution in [-0.2, 0) is 0 Å². The first-order valence-corrected chi connectivity index (χ1v) is 5.71. The van der Waals surface area contributed by atoms with Gasteiger partial charge in [-0.2, -0.15) is 0 Å². The lowest BCUT2D eigenvalue weighted by atomic mass is 10.1. The number of amides is 1. The van der Waals surface area contributed by atoms with Gasteiger partial charge in [0.1, 0.15) is 0 Å². The molecule has 0 aliphatic carbocycles. The molecular weight excluding hydrogens is 244 g/mol. The summed E-state index contributed by atoms with van der Waals surface area (Å²) < 4.78 is 4.96. The molecule has 1 aromatic carbocycles. The highest BCUT2D eigenvalue weighted by molar-refractivity contribution is 6.06. The van der Waals surface area contributed by atoms with Gasteiger partial charge in [-0.05, 0) is 30.7 Å². The first-order chi connectivity index (χ1) is 9.11. The van der Waals surface area contributed by atoms with Crippen LogP contribution >= 0.6 is 0 Å². The lowest BCUT2D eigenvalue weighted by Crippen LogP contribution is -2.12. The number of aromatic hydroxyl groups is 1. The number of ether oxygens (including phenoxy) is 1. The van der Waals surface area contributed by atoms with Crippen molar-refractivity contribution in [1.82, 2.24) is 4.98 Å². The molecule has 1 aromatic heterocycles. The molecule has 5 nitrogen and oxygen atoms in total. The molecule has 2 rings (SSSR count). The molecule has 0 bridgehead atoms. The molecule has 0 fully saturated rings. The Bertz CT molecular complexity index is 611. The molecular formula is C14H14N2O3. The average molecular weight is 258 g/mol. The Morgan fingerprint density at radius 1 is 1.37 bits per heavy atom. The van der Waals surface area contributed by atoms with Crippen molar-refractivity contribution >= 4 is 11.6 Å². The predicted octanol–water partition coefficient (Wildman–Crippen LogP) is 2.36. The molecule has 2 N–H and O–H groups in total. The van der Waals surface area contributed by atoms with Crippen molar-refractivity contribution in [3.8, 4) is 11.5 Å². The fraction of sp³-hybridized carbons (Fsp3) is 0.143. The minimum Gasteiger partial charge on any atom is -0.504 e. The van der Waals surface area contributed by atoms with Crippen LogP contribution < -0.4 is 10.1 Å². The highest BCUT2D eigenvalue weighted by Gasteiger charge is 2.14. The number of carbonyl (C=O) groups is 1. The van der Waals surface area contributed by atoms with Crippen LogP contribution in [0, 0.1) is 6.92 Å². The maximum absolute atomic E-state index is 12.1. The molecule has 1 amide bonds. The van der Waals surface area contributed by atoms with E-state index < -0.39 is 5.91 Å². The number of aryl methyl sites for hydroxylation is 1. The molecule has 0 aliphatic rings. The number of hydrogen-bond donors (Lipinski definition) is 2. The third kappa shape index (κ3) is 2.82. The third-order valence-corrected chi connectivity index (χ3v) is 2.60. The molecule has 1 heterocycles. The molecule has 0 spiro atoms. The number of phenols is 1. The van der Waals surface area contributed by atoms with Crippen LogP contribution in [-0.4, -0.2) is 23.1 Å². The van der Waals surface area contributed by atoms with E-state index in [4.69, 9.17) is 4.74 Å². The van der Waals surface area contributed by atoms with Crippen molar-refractivity contribution in [2.45, 2.75) is 6.92 Å². The van der Waals surface area contributed by atoms with E-state index in [9.17, 15) is 9.90 Å². The first-order valence-electron chi connectivity index (χ1n) is 5.71. The topological polar surface area (TPSA) is 71.5 Å². The summed E-state index contributed by atoms with van der Waals surface area (Å²) in [5.74, 6) is -0.332. The molecule has 5 heteroatoms. The number of pyridine rings is 1. The number of benzene rings is 1. The number of carbonyl (C=O) groups excluding carboxylic acids is 1. The fourth-order valence-corrected chi connectivity index (χ4v) is 1.69. The molecule has 0 atom stereocenters. The van der Waals surface area contributed by atoms with Gasteiger partial charge in [-0.15, -0.1) is 0 Å². The number of anilines is 1. The summed E-state index contributed by atoms with van der Waals surface area (Å²) in [6, 6.07) is 6.54. The van der Waals surface area contributed by atoms with Crippen LogP contribution in [0.15, 0.2) is 36.7 Å². The van der Waals surface area contributed by atoms with Crippen molar-refractivity contribution in [3.05, 3.63) is 47.8 Å². The van der Waals surface area contributed by atoms with E-state index in [1.54, 1.807) is 30.6 Å². The van der Waals surface area contributed by atoms with Gasteiger partial charge in [0.25, 0.3) is 5.91 Å². The smallest absolute Gasteiger partial charge is 0.259 e. The van der Waals surface area contributed by atoms with E-state index in [1.165, 1.54) is 13.2 Å². The Labute approximate surface area is 110 Å². The van der Waals surface area contributed by atoms with Crippen LogP contribution in [0.25, 0.3) is 0 Å². The summed E-state index contributed by atoms with van der Waals surface area (Å²) in [7, 11) is 1.43. The zero-order valence-corrected chi connectivity index (χ0v) is 10.7. The van der Waals surface area contributed by atoms with Crippen LogP contribution in [0.4, 0.5) is 5.69 Å². The molecule has 0 aliphatic heterocycles. The second-order valence-electron chi connectivity index (χ2n) is 4.06. The van der Waals surface area contributed by atoms with E-state index in [0.29, 0.717) is 5.69 Å². The number of rotatable bonds is 3. The Morgan fingerprint density at radius 3 is 2.84 bits per heavy atom. The SMILES string of the molecule is COc1cccc(C(=O)Nc2cncc(C)c2)c1O. The molecule has 0 radical (unpaired) electrons. The Kier molecular flexibility index (Phi) is 3.66. The number of nitrogens with one attached hydrogen (secondary N) is 1. The minimum atomic E-state index is -0.413. The monoisotopic (exact) mass is 258 g/mol. The van der Waals surface area contributed by atoms with Gasteiger partial charge in [-0.25, -0.2) is 0 Å². The number of aromatic nitrogens is 1. The summed E-state index contributed by atoms with van der Waals surface area (Å²) in [6.45, 7) is 1.88. The summed E-state index contributed by atoms with van der Waals surface area (Å²) in [6.07, 6.45) is 3.24. The Balaban J connectivity index is 2.25. The second-order valence-corrected chi connectivity index (χ2v) is 4.06. The minimum absolute atomic E-state index is 0.154. The fourth-order valence-electron chi connectivity index (χ4n) is 1.69. The van der Waals surface area contributed by atoms with Gasteiger partial charge < -0.3 is 15.2 Å². The average Bonchev–Trinajstić information content (AvgIpc) is 2.39. The summed E-state index contributed by atoms with van der Waals surface area (Å²) in [4.78, 5) is 16.0. The van der Waals surface area contributed by atoms with E-state index >= 15 is 0 Å². The van der Waals surface area contributed by atoms with E-state index in [0.717, 1.165) is 5.56 Å². The lowest BCUT2D eigenvalue weighted by Gasteiger charge is -2.09. The Hall–Kier alpha value is -2.56. The van der Waals surface area contributed by atoms with E-state index in [-0.39, 0.29) is 17.1 Å². The number of nitrogens with zero attached hydrogens (tertiary/aromatic N) is 1.